The van der Waals surface area contributed by atoms with E-state index in [1.807, 2.05) is 54.6 Å². The van der Waals surface area contributed by atoms with Crippen molar-refractivity contribution in [2.24, 2.45) is 0 Å². The second-order valence-electron chi connectivity index (χ2n) is 8.62. The van der Waals surface area contributed by atoms with E-state index in [9.17, 15) is 30.8 Å². The highest BCUT2D eigenvalue weighted by molar-refractivity contribution is 7.99. The number of hydrogen-bond acceptors (Lipinski definition) is 2. The monoisotopic (exact) mass is 632 g/mol. The molecule has 5 rings (SSSR count). The maximum atomic E-state index is 13.6. The minimum Gasteiger partial charge on any atom is -0.418 e. The van der Waals surface area contributed by atoms with Crippen molar-refractivity contribution in [2.45, 2.75) is 24.5 Å². The van der Waals surface area contributed by atoms with Crippen LogP contribution < -0.4 is 0 Å². The van der Waals surface area contributed by atoms with Gasteiger partial charge in [0, 0.05) is 20.9 Å². The smallest absolute Gasteiger partial charge is 0.418 e. The minimum absolute atomic E-state index is 0.119. The molecule has 0 bridgehead atoms. The van der Waals surface area contributed by atoms with Gasteiger partial charge in [-0.25, -0.2) is 8.78 Å². The third-order valence-electron chi connectivity index (χ3n) is 5.61. The fourth-order valence-corrected chi connectivity index (χ4v) is 6.92. The van der Waals surface area contributed by atoms with Gasteiger partial charge in [-0.3, -0.25) is 4.79 Å². The Bertz CT molecular complexity index is 1580. The molecular formula is C31H20BClF6OS2. The molecule has 0 heterocycles. The highest BCUT2D eigenvalue weighted by atomic mass is 35.5. The Labute approximate surface area is 251 Å². The van der Waals surface area contributed by atoms with Gasteiger partial charge in [0.2, 0.25) is 0 Å². The molecule has 0 aliphatic heterocycles. The van der Waals surface area contributed by atoms with Crippen LogP contribution in [0.4, 0.5) is 26.0 Å². The highest BCUT2D eigenvalue weighted by Crippen LogP contribution is 2.35. The minimum atomic E-state index is -6.00. The van der Waals surface area contributed by atoms with Gasteiger partial charge in [0.1, 0.15) is 11.6 Å². The molecule has 0 spiro atoms. The van der Waals surface area contributed by atoms with Crippen molar-refractivity contribution in [1.29, 1.82) is 0 Å². The Balaban J connectivity index is 0.000000748. The largest absolute Gasteiger partial charge is 0.673 e. The van der Waals surface area contributed by atoms with Gasteiger partial charge in [-0.05, 0) is 91.0 Å². The van der Waals surface area contributed by atoms with Crippen LogP contribution in [-0.4, -0.2) is 13.0 Å². The predicted molar refractivity (Wildman–Crippen MR) is 157 cm³/mol. The first-order chi connectivity index (χ1) is 20.0. The molecule has 0 unspecified atom stereocenters. The van der Waals surface area contributed by atoms with Crippen molar-refractivity contribution in [2.75, 3.05) is 0 Å². The number of benzene rings is 5. The van der Waals surface area contributed by atoms with E-state index in [1.54, 1.807) is 42.5 Å². The Morgan fingerprint density at radius 1 is 0.619 bits per heavy atom. The lowest BCUT2D eigenvalue weighted by Gasteiger charge is -2.10. The fourth-order valence-electron chi connectivity index (χ4n) is 3.82. The van der Waals surface area contributed by atoms with Gasteiger partial charge in [-0.15, -0.1) is 0 Å². The first-order valence-electron chi connectivity index (χ1n) is 12.3. The summed E-state index contributed by atoms with van der Waals surface area (Å²) in [6.07, 6.45) is 0. The Morgan fingerprint density at radius 2 is 1.05 bits per heavy atom. The summed E-state index contributed by atoms with van der Waals surface area (Å²) >= 11 is 7.89. The van der Waals surface area contributed by atoms with Crippen molar-refractivity contribution < 1.29 is 30.8 Å². The molecule has 5 aromatic carbocycles. The number of carbonyl (C=O) groups excluding carboxylic acids is 1. The van der Waals surface area contributed by atoms with Gasteiger partial charge in [0.05, 0.1) is 15.9 Å². The van der Waals surface area contributed by atoms with E-state index in [4.69, 9.17) is 11.6 Å². The maximum absolute atomic E-state index is 13.6. The highest BCUT2D eigenvalue weighted by Gasteiger charge is 2.29. The SMILES string of the molecule is F[B-](F)(F)F.O=C(c1ccccc1)c1cc(Sc2ccc([S+](c3ccc(F)cc3)c3ccc(F)cc3)cc2)ccc1Cl. The standard InChI is InChI=1S/C31H20ClF2OS2.BF4/c32-30-19-12-25(20-29(30)31(35)21-4-2-1-3-5-21)36-24-10-17-28(18-11-24)37(26-13-6-22(33)7-14-26)27-15-8-23(34)9-16-27;2-1(3,4)5/h1-20H;/q+1;-1. The molecule has 0 saturated heterocycles. The average Bonchev–Trinajstić information content (AvgIpc) is 2.96. The average molecular weight is 633 g/mol. The van der Waals surface area contributed by atoms with Crippen LogP contribution >= 0.6 is 23.4 Å². The Kier molecular flexibility index (Phi) is 10.5. The van der Waals surface area contributed by atoms with Gasteiger partial charge in [0.25, 0.3) is 0 Å². The van der Waals surface area contributed by atoms with Crippen LogP contribution in [-0.2, 0) is 10.9 Å². The van der Waals surface area contributed by atoms with E-state index < -0.39 is 18.1 Å². The zero-order chi connectivity index (χ0) is 30.3. The molecule has 0 aromatic heterocycles. The molecule has 0 aliphatic rings. The lowest BCUT2D eigenvalue weighted by Crippen LogP contribution is -2.05. The molecule has 0 atom stereocenters. The predicted octanol–water partition coefficient (Wildman–Crippen LogP) is 10.4. The van der Waals surface area contributed by atoms with Crippen LogP contribution in [0, 0.1) is 11.6 Å². The molecule has 0 amide bonds. The van der Waals surface area contributed by atoms with E-state index in [0.29, 0.717) is 16.1 Å². The second kappa shape index (κ2) is 14.0. The first kappa shape index (κ1) is 31.3. The lowest BCUT2D eigenvalue weighted by molar-refractivity contribution is 0.103. The molecule has 5 aromatic rings. The topological polar surface area (TPSA) is 17.1 Å². The molecule has 0 aliphatic carbocycles. The van der Waals surface area contributed by atoms with Gasteiger partial charge in [-0.2, -0.15) is 0 Å². The second-order valence-corrected chi connectivity index (χ2v) is 12.2. The number of halogens is 7. The molecule has 11 heteroatoms. The van der Waals surface area contributed by atoms with E-state index in [0.717, 1.165) is 24.5 Å². The molecular weight excluding hydrogens is 613 g/mol. The number of carbonyl (C=O) groups is 1. The molecule has 0 radical (unpaired) electrons. The number of rotatable bonds is 7. The molecule has 42 heavy (non-hydrogen) atoms. The van der Waals surface area contributed by atoms with Gasteiger partial charge in [-0.1, -0.05) is 53.7 Å². The van der Waals surface area contributed by atoms with Gasteiger partial charge < -0.3 is 17.3 Å². The van der Waals surface area contributed by atoms with Crippen LogP contribution in [0.3, 0.4) is 0 Å². The van der Waals surface area contributed by atoms with Crippen LogP contribution in [0.5, 0.6) is 0 Å². The van der Waals surface area contributed by atoms with Crippen molar-refractivity contribution in [3.63, 3.8) is 0 Å². The quantitative estimate of drug-likeness (QED) is 0.0769. The molecule has 0 saturated carbocycles. The van der Waals surface area contributed by atoms with Crippen molar-refractivity contribution in [3.05, 3.63) is 149 Å². The zero-order valence-corrected chi connectivity index (χ0v) is 23.9. The Hall–Kier alpha value is -3.60. The third-order valence-corrected chi connectivity index (χ3v) is 9.17. The van der Waals surface area contributed by atoms with Crippen LogP contribution in [0.2, 0.25) is 5.02 Å². The summed E-state index contributed by atoms with van der Waals surface area (Å²) in [4.78, 5) is 17.8. The zero-order valence-electron chi connectivity index (χ0n) is 21.5. The third kappa shape index (κ3) is 8.95. The van der Waals surface area contributed by atoms with Gasteiger partial charge in [0.15, 0.2) is 20.5 Å². The maximum Gasteiger partial charge on any atom is 0.673 e. The first-order valence-corrected chi connectivity index (χ1v) is 14.7. The van der Waals surface area contributed by atoms with Gasteiger partial charge >= 0.3 is 7.25 Å². The van der Waals surface area contributed by atoms with E-state index in [2.05, 4.69) is 0 Å². The summed E-state index contributed by atoms with van der Waals surface area (Å²) in [5.41, 5.74) is 1.05. The molecule has 214 valence electrons. The van der Waals surface area contributed by atoms with Crippen LogP contribution in [0.25, 0.3) is 0 Å². The Morgan fingerprint density at radius 3 is 1.52 bits per heavy atom. The molecule has 0 N–H and O–H groups in total. The number of hydrogen-bond donors (Lipinski definition) is 0. The van der Waals surface area contributed by atoms with Crippen LogP contribution in [0.1, 0.15) is 15.9 Å². The van der Waals surface area contributed by atoms with Crippen molar-refractivity contribution >= 4 is 47.3 Å². The summed E-state index contributed by atoms with van der Waals surface area (Å²) in [7, 11) is -6.52. The normalized spacial score (nSPS) is 11.1. The summed E-state index contributed by atoms with van der Waals surface area (Å²) in [6.45, 7) is 0. The lowest BCUT2D eigenvalue weighted by atomic mass is 10.0. The summed E-state index contributed by atoms with van der Waals surface area (Å²) in [5, 5.41) is 0.413. The summed E-state index contributed by atoms with van der Waals surface area (Å²) < 4.78 is 66.2. The van der Waals surface area contributed by atoms with Crippen molar-refractivity contribution in [1.82, 2.24) is 0 Å². The van der Waals surface area contributed by atoms with Crippen molar-refractivity contribution in [3.8, 4) is 0 Å². The summed E-state index contributed by atoms with van der Waals surface area (Å²) in [6, 6.07) is 35.5. The van der Waals surface area contributed by atoms with E-state index >= 15 is 0 Å². The summed E-state index contributed by atoms with van der Waals surface area (Å²) in [5.74, 6) is -0.719. The molecule has 1 nitrogen and oxygen atoms in total. The number of ketones is 1. The van der Waals surface area contributed by atoms with E-state index in [-0.39, 0.29) is 17.4 Å². The molecule has 0 fully saturated rings. The van der Waals surface area contributed by atoms with E-state index in [1.165, 1.54) is 36.0 Å². The van der Waals surface area contributed by atoms with Crippen LogP contribution in [0.15, 0.2) is 146 Å². The fraction of sp³-hybridized carbons (Fsp3) is 0.